The summed E-state index contributed by atoms with van der Waals surface area (Å²) in [6.45, 7) is 2.07. The van der Waals surface area contributed by atoms with E-state index in [9.17, 15) is 18.0 Å². The number of rotatable bonds is 5. The molecule has 1 amide bonds. The molecule has 0 aliphatic heterocycles. The number of carbonyl (C=O) groups excluding carboxylic acids is 1. The van der Waals surface area contributed by atoms with Gasteiger partial charge in [0.2, 0.25) is 0 Å². The maximum absolute atomic E-state index is 12.8. The molecule has 144 valence electrons. The van der Waals surface area contributed by atoms with Crippen LogP contribution in [0.2, 0.25) is 0 Å². The lowest BCUT2D eigenvalue weighted by molar-refractivity contribution is -0.137. The number of halogens is 3. The van der Waals surface area contributed by atoms with Gasteiger partial charge in [-0.3, -0.25) is 4.79 Å². The molecule has 1 aromatic heterocycles. The van der Waals surface area contributed by atoms with E-state index in [1.165, 1.54) is 30.1 Å². The summed E-state index contributed by atoms with van der Waals surface area (Å²) in [6.07, 6.45) is -0.903. The molecule has 0 unspecified atom stereocenters. The average molecular weight is 386 g/mol. The number of alkyl halides is 3. The van der Waals surface area contributed by atoms with E-state index >= 15 is 0 Å². The summed E-state index contributed by atoms with van der Waals surface area (Å²) in [5, 5.41) is 5.46. The molecule has 5 nitrogen and oxygen atoms in total. The van der Waals surface area contributed by atoms with E-state index in [4.69, 9.17) is 0 Å². The van der Waals surface area contributed by atoms with Gasteiger partial charge in [-0.1, -0.05) is 25.1 Å². The first-order chi connectivity index (χ1) is 13.3. The molecule has 0 atom stereocenters. The minimum atomic E-state index is -4.48. The van der Waals surface area contributed by atoms with Crippen LogP contribution in [0, 0.1) is 0 Å². The quantitative estimate of drug-likeness (QED) is 0.644. The lowest BCUT2D eigenvalue weighted by Gasteiger charge is -2.10. The molecular weight excluding hydrogens is 369 g/mol. The highest BCUT2D eigenvalue weighted by atomic mass is 19.4. The van der Waals surface area contributed by atoms with Crippen LogP contribution in [0.15, 0.2) is 60.9 Å². The van der Waals surface area contributed by atoms with Crippen molar-refractivity contribution in [1.82, 2.24) is 9.97 Å². The van der Waals surface area contributed by atoms with Crippen molar-refractivity contribution < 1.29 is 18.0 Å². The van der Waals surface area contributed by atoms with Crippen LogP contribution in [0.3, 0.4) is 0 Å². The van der Waals surface area contributed by atoms with Crippen molar-refractivity contribution in [3.05, 3.63) is 77.7 Å². The maximum atomic E-state index is 12.8. The fraction of sp³-hybridized carbons (Fsp3) is 0.150. The van der Waals surface area contributed by atoms with Gasteiger partial charge in [0.15, 0.2) is 0 Å². The first-order valence-electron chi connectivity index (χ1n) is 8.52. The Bertz CT molecular complexity index is 954. The Labute approximate surface area is 159 Å². The van der Waals surface area contributed by atoms with E-state index < -0.39 is 17.6 Å². The summed E-state index contributed by atoms with van der Waals surface area (Å²) in [7, 11) is 0. The van der Waals surface area contributed by atoms with E-state index in [2.05, 4.69) is 27.5 Å². The molecule has 8 heteroatoms. The summed E-state index contributed by atoms with van der Waals surface area (Å²) < 4.78 is 38.3. The number of nitrogens with zero attached hydrogens (tertiary/aromatic N) is 2. The zero-order valence-corrected chi connectivity index (χ0v) is 14.9. The molecule has 0 saturated heterocycles. The maximum Gasteiger partial charge on any atom is 0.416 e. The van der Waals surface area contributed by atoms with Crippen LogP contribution in [0.25, 0.3) is 0 Å². The van der Waals surface area contributed by atoms with Crippen molar-refractivity contribution in [2.45, 2.75) is 19.5 Å². The third-order valence-corrected chi connectivity index (χ3v) is 3.97. The van der Waals surface area contributed by atoms with Crippen molar-refractivity contribution >= 4 is 23.1 Å². The number of aromatic nitrogens is 2. The van der Waals surface area contributed by atoms with Gasteiger partial charge in [0.25, 0.3) is 5.91 Å². The minimum Gasteiger partial charge on any atom is -0.339 e. The molecule has 2 aromatic carbocycles. The Kier molecular flexibility index (Phi) is 5.58. The SMILES string of the molecule is CCc1ccc(Nc2cnc(C(=O)Nc3cccc(C(F)(F)F)c3)cn2)cc1. The molecule has 0 saturated carbocycles. The van der Waals surface area contributed by atoms with Gasteiger partial charge in [-0.15, -0.1) is 0 Å². The predicted octanol–water partition coefficient (Wildman–Crippen LogP) is 5.05. The summed E-state index contributed by atoms with van der Waals surface area (Å²) >= 11 is 0. The fourth-order valence-corrected chi connectivity index (χ4v) is 2.45. The number of carbonyl (C=O) groups is 1. The lowest BCUT2D eigenvalue weighted by atomic mass is 10.1. The van der Waals surface area contributed by atoms with Crippen LogP contribution in [0.4, 0.5) is 30.4 Å². The molecule has 0 aliphatic carbocycles. The van der Waals surface area contributed by atoms with E-state index in [1.54, 1.807) is 0 Å². The molecule has 3 aromatic rings. The topological polar surface area (TPSA) is 66.9 Å². The zero-order chi connectivity index (χ0) is 20.1. The van der Waals surface area contributed by atoms with E-state index in [0.717, 1.165) is 24.2 Å². The van der Waals surface area contributed by atoms with Crippen molar-refractivity contribution in [1.29, 1.82) is 0 Å². The molecule has 28 heavy (non-hydrogen) atoms. The summed E-state index contributed by atoms with van der Waals surface area (Å²) in [6, 6.07) is 12.2. The number of hydrogen-bond acceptors (Lipinski definition) is 4. The third-order valence-electron chi connectivity index (χ3n) is 3.97. The highest BCUT2D eigenvalue weighted by molar-refractivity contribution is 6.02. The summed E-state index contributed by atoms with van der Waals surface area (Å²) in [5.41, 5.74) is 1.21. The minimum absolute atomic E-state index is 0.00991. The monoisotopic (exact) mass is 386 g/mol. The van der Waals surface area contributed by atoms with E-state index in [0.29, 0.717) is 5.82 Å². The average Bonchev–Trinajstić information content (AvgIpc) is 2.69. The molecule has 3 rings (SSSR count). The van der Waals surface area contributed by atoms with Crippen LogP contribution in [-0.2, 0) is 12.6 Å². The first kappa shape index (κ1) is 19.3. The zero-order valence-electron chi connectivity index (χ0n) is 14.9. The molecule has 0 aliphatic rings. The third kappa shape index (κ3) is 4.85. The Hall–Kier alpha value is -3.42. The number of hydrogen-bond donors (Lipinski definition) is 2. The number of aryl methyl sites for hydroxylation is 1. The smallest absolute Gasteiger partial charge is 0.339 e. The lowest BCUT2D eigenvalue weighted by Crippen LogP contribution is -2.15. The second kappa shape index (κ2) is 8.08. The largest absolute Gasteiger partial charge is 0.416 e. The first-order valence-corrected chi connectivity index (χ1v) is 8.52. The predicted molar refractivity (Wildman–Crippen MR) is 101 cm³/mol. The number of benzene rings is 2. The van der Waals surface area contributed by atoms with Crippen molar-refractivity contribution in [2.75, 3.05) is 10.6 Å². The standard InChI is InChI=1S/C20H17F3N4O/c1-2-13-6-8-15(9-7-13)26-18-12-24-17(11-25-18)19(28)27-16-5-3-4-14(10-16)20(21,22)23/h3-12H,2H2,1H3,(H,25,26)(H,27,28). The molecule has 0 radical (unpaired) electrons. The van der Waals surface area contributed by atoms with Gasteiger partial charge in [-0.2, -0.15) is 13.2 Å². The van der Waals surface area contributed by atoms with Gasteiger partial charge in [-0.25, -0.2) is 9.97 Å². The van der Waals surface area contributed by atoms with Crippen LogP contribution in [0.1, 0.15) is 28.5 Å². The Morgan fingerprint density at radius 3 is 2.36 bits per heavy atom. The summed E-state index contributed by atoms with van der Waals surface area (Å²) in [5.74, 6) is -0.203. The van der Waals surface area contributed by atoms with Gasteiger partial charge < -0.3 is 10.6 Å². The highest BCUT2D eigenvalue weighted by Gasteiger charge is 2.30. The molecule has 2 N–H and O–H groups in total. The second-order valence-electron chi connectivity index (χ2n) is 6.00. The van der Waals surface area contributed by atoms with Crippen LogP contribution < -0.4 is 10.6 Å². The molecule has 0 fully saturated rings. The van der Waals surface area contributed by atoms with Crippen LogP contribution in [0.5, 0.6) is 0 Å². The Morgan fingerprint density at radius 1 is 1.00 bits per heavy atom. The molecule has 0 bridgehead atoms. The second-order valence-corrected chi connectivity index (χ2v) is 6.00. The van der Waals surface area contributed by atoms with E-state index in [1.807, 2.05) is 24.3 Å². The van der Waals surface area contributed by atoms with Crippen molar-refractivity contribution in [3.8, 4) is 0 Å². The van der Waals surface area contributed by atoms with Gasteiger partial charge in [0.05, 0.1) is 18.0 Å². The number of nitrogens with one attached hydrogen (secondary N) is 2. The van der Waals surface area contributed by atoms with Gasteiger partial charge in [-0.05, 0) is 42.3 Å². The number of amides is 1. The van der Waals surface area contributed by atoms with Crippen molar-refractivity contribution in [2.24, 2.45) is 0 Å². The molecule has 0 spiro atoms. The summed E-state index contributed by atoms with van der Waals surface area (Å²) in [4.78, 5) is 20.3. The van der Waals surface area contributed by atoms with Gasteiger partial charge >= 0.3 is 6.18 Å². The highest BCUT2D eigenvalue weighted by Crippen LogP contribution is 2.30. The molecule has 1 heterocycles. The number of anilines is 3. The Balaban J connectivity index is 1.66. The Morgan fingerprint density at radius 2 is 1.75 bits per heavy atom. The van der Waals surface area contributed by atoms with Crippen molar-refractivity contribution in [3.63, 3.8) is 0 Å². The normalized spacial score (nSPS) is 11.1. The van der Waals surface area contributed by atoms with Gasteiger partial charge in [0, 0.05) is 11.4 Å². The fourth-order valence-electron chi connectivity index (χ4n) is 2.45. The van der Waals surface area contributed by atoms with Gasteiger partial charge in [0.1, 0.15) is 11.5 Å². The van der Waals surface area contributed by atoms with E-state index in [-0.39, 0.29) is 11.4 Å². The van der Waals surface area contributed by atoms with Crippen LogP contribution >= 0.6 is 0 Å². The molecular formula is C20H17F3N4O. The van der Waals surface area contributed by atoms with Crippen LogP contribution in [-0.4, -0.2) is 15.9 Å².